The topological polar surface area (TPSA) is 45.7 Å². The Morgan fingerprint density at radius 3 is 2.42 bits per heavy atom. The maximum Gasteiger partial charge on any atom is 0.226 e. The van der Waals surface area contributed by atoms with Crippen LogP contribution in [0.25, 0.3) is 0 Å². The standard InChI is InChI=1S/C9H18N2O/c1-8(2)5-7(12)10-6-9(3,4)11-8/h11H,5-6H2,1-4H3,(H,10,12)/p+1. The van der Waals surface area contributed by atoms with Gasteiger partial charge in [0.2, 0.25) is 5.91 Å². The molecule has 0 bridgehead atoms. The molecule has 0 radical (unpaired) electrons. The lowest BCUT2D eigenvalue weighted by molar-refractivity contribution is -0.774. The number of quaternary nitrogens is 1. The Hall–Kier alpha value is -0.570. The fraction of sp³-hybridized carbons (Fsp3) is 0.889. The predicted octanol–water partition coefficient (Wildman–Crippen LogP) is -0.373. The first-order valence-corrected chi connectivity index (χ1v) is 4.45. The highest BCUT2D eigenvalue weighted by Crippen LogP contribution is 2.08. The van der Waals surface area contributed by atoms with Crippen LogP contribution in [0.5, 0.6) is 0 Å². The zero-order chi connectivity index (χ0) is 9.41. The van der Waals surface area contributed by atoms with Gasteiger partial charge in [-0.25, -0.2) is 0 Å². The van der Waals surface area contributed by atoms with Crippen LogP contribution in [-0.2, 0) is 4.79 Å². The number of nitrogens with two attached hydrogens (primary N) is 1. The third-order valence-corrected chi connectivity index (χ3v) is 2.14. The first-order valence-electron chi connectivity index (χ1n) is 4.45. The van der Waals surface area contributed by atoms with Gasteiger partial charge in [-0.2, -0.15) is 0 Å². The summed E-state index contributed by atoms with van der Waals surface area (Å²) in [5.74, 6) is 0.168. The maximum absolute atomic E-state index is 11.3. The van der Waals surface area contributed by atoms with Crippen LogP contribution in [-0.4, -0.2) is 23.5 Å². The van der Waals surface area contributed by atoms with Crippen LogP contribution in [0.2, 0.25) is 0 Å². The molecule has 70 valence electrons. The molecule has 0 aromatic rings. The highest BCUT2D eigenvalue weighted by molar-refractivity contribution is 5.77. The van der Waals surface area contributed by atoms with Crippen LogP contribution in [0, 0.1) is 0 Å². The van der Waals surface area contributed by atoms with Crippen LogP contribution in [0.4, 0.5) is 0 Å². The summed E-state index contributed by atoms with van der Waals surface area (Å²) in [4.78, 5) is 11.3. The first-order chi connectivity index (χ1) is 5.31. The summed E-state index contributed by atoms with van der Waals surface area (Å²) in [6.07, 6.45) is 0.608. The van der Waals surface area contributed by atoms with E-state index in [4.69, 9.17) is 0 Å². The zero-order valence-electron chi connectivity index (χ0n) is 8.40. The minimum atomic E-state index is 0.0318. The highest BCUT2D eigenvalue weighted by Gasteiger charge is 2.37. The molecule has 3 N–H and O–H groups in total. The second kappa shape index (κ2) is 2.73. The molecule has 0 saturated carbocycles. The Morgan fingerprint density at radius 2 is 1.83 bits per heavy atom. The van der Waals surface area contributed by atoms with Crippen molar-refractivity contribution in [3.05, 3.63) is 0 Å². The molecule has 3 nitrogen and oxygen atoms in total. The molecular formula is C9H19N2O+. The van der Waals surface area contributed by atoms with E-state index >= 15 is 0 Å². The Kier molecular flexibility index (Phi) is 2.17. The van der Waals surface area contributed by atoms with Crippen molar-refractivity contribution in [2.45, 2.75) is 45.2 Å². The highest BCUT2D eigenvalue weighted by atomic mass is 16.1. The molecular weight excluding hydrogens is 152 g/mol. The van der Waals surface area contributed by atoms with Crippen molar-refractivity contribution in [2.75, 3.05) is 6.54 Å². The van der Waals surface area contributed by atoms with Crippen molar-refractivity contribution in [3.8, 4) is 0 Å². The number of amides is 1. The molecule has 1 heterocycles. The second-order valence-electron chi connectivity index (χ2n) is 5.08. The van der Waals surface area contributed by atoms with Gasteiger partial charge >= 0.3 is 0 Å². The normalized spacial score (nSPS) is 27.5. The minimum absolute atomic E-state index is 0.0318. The molecule has 1 rings (SSSR count). The fourth-order valence-electron chi connectivity index (χ4n) is 1.96. The fourth-order valence-corrected chi connectivity index (χ4v) is 1.96. The van der Waals surface area contributed by atoms with Crippen LogP contribution >= 0.6 is 0 Å². The van der Waals surface area contributed by atoms with Crippen molar-refractivity contribution < 1.29 is 10.1 Å². The van der Waals surface area contributed by atoms with E-state index in [0.717, 1.165) is 6.54 Å². The van der Waals surface area contributed by atoms with Crippen molar-refractivity contribution in [1.82, 2.24) is 5.32 Å². The average molecular weight is 171 g/mol. The van der Waals surface area contributed by atoms with Crippen LogP contribution < -0.4 is 10.6 Å². The molecule has 12 heavy (non-hydrogen) atoms. The molecule has 0 aromatic carbocycles. The lowest BCUT2D eigenvalue weighted by atomic mass is 9.96. The molecule has 0 spiro atoms. The second-order valence-corrected chi connectivity index (χ2v) is 5.08. The molecule has 1 saturated heterocycles. The Bertz CT molecular complexity index is 197. The third kappa shape index (κ3) is 2.48. The van der Waals surface area contributed by atoms with Crippen LogP contribution in [0.3, 0.4) is 0 Å². The number of hydrogen-bond acceptors (Lipinski definition) is 1. The smallest absolute Gasteiger partial charge is 0.226 e. The van der Waals surface area contributed by atoms with Gasteiger partial charge < -0.3 is 10.6 Å². The van der Waals surface area contributed by atoms with Gasteiger partial charge in [0.1, 0.15) is 5.54 Å². The van der Waals surface area contributed by atoms with Crippen molar-refractivity contribution in [3.63, 3.8) is 0 Å². The van der Waals surface area contributed by atoms with Gasteiger partial charge in [0.05, 0.1) is 18.5 Å². The number of carbonyl (C=O) groups excluding carboxylic acids is 1. The SMILES string of the molecule is CC1(C)CNC(=O)CC(C)(C)[NH2+]1. The van der Waals surface area contributed by atoms with E-state index in [9.17, 15) is 4.79 Å². The van der Waals surface area contributed by atoms with E-state index in [1.54, 1.807) is 0 Å². The molecule has 1 fully saturated rings. The summed E-state index contributed by atoms with van der Waals surface area (Å²) in [6.45, 7) is 9.29. The van der Waals surface area contributed by atoms with Gasteiger partial charge in [0, 0.05) is 0 Å². The maximum atomic E-state index is 11.3. The Balaban J connectivity index is 2.76. The average Bonchev–Trinajstić information content (AvgIpc) is 1.86. The quantitative estimate of drug-likeness (QED) is 0.513. The molecule has 3 heteroatoms. The van der Waals surface area contributed by atoms with Gasteiger partial charge in [0.25, 0.3) is 0 Å². The van der Waals surface area contributed by atoms with E-state index in [2.05, 4.69) is 38.3 Å². The molecule has 0 aromatic heterocycles. The first kappa shape index (κ1) is 9.52. The van der Waals surface area contributed by atoms with E-state index in [-0.39, 0.29) is 17.0 Å². The van der Waals surface area contributed by atoms with E-state index in [0.29, 0.717) is 6.42 Å². The monoisotopic (exact) mass is 171 g/mol. The summed E-state index contributed by atoms with van der Waals surface area (Å²) < 4.78 is 0. The van der Waals surface area contributed by atoms with Gasteiger partial charge in [-0.1, -0.05) is 0 Å². The predicted molar refractivity (Wildman–Crippen MR) is 47.7 cm³/mol. The molecule has 0 unspecified atom stereocenters. The summed E-state index contributed by atoms with van der Waals surface area (Å²) in [7, 11) is 0. The molecule has 1 aliphatic rings. The Morgan fingerprint density at radius 1 is 1.25 bits per heavy atom. The molecule has 0 aliphatic carbocycles. The number of rotatable bonds is 0. The molecule has 0 atom stereocenters. The van der Waals surface area contributed by atoms with Gasteiger partial charge in [0.15, 0.2) is 0 Å². The van der Waals surface area contributed by atoms with Crippen LogP contribution in [0.1, 0.15) is 34.1 Å². The van der Waals surface area contributed by atoms with Gasteiger partial charge in [-0.15, -0.1) is 0 Å². The Labute approximate surface area is 73.9 Å². The van der Waals surface area contributed by atoms with Gasteiger partial charge in [-0.05, 0) is 27.7 Å². The largest absolute Gasteiger partial charge is 0.350 e. The summed E-state index contributed by atoms with van der Waals surface area (Å²) in [5, 5.41) is 5.20. The third-order valence-electron chi connectivity index (χ3n) is 2.14. The lowest BCUT2D eigenvalue weighted by Gasteiger charge is -2.29. The minimum Gasteiger partial charge on any atom is -0.350 e. The van der Waals surface area contributed by atoms with E-state index in [1.807, 2.05) is 0 Å². The van der Waals surface area contributed by atoms with Crippen molar-refractivity contribution in [2.24, 2.45) is 0 Å². The van der Waals surface area contributed by atoms with Gasteiger partial charge in [-0.3, -0.25) is 4.79 Å². The summed E-state index contributed by atoms with van der Waals surface area (Å²) >= 11 is 0. The van der Waals surface area contributed by atoms with Crippen molar-refractivity contribution in [1.29, 1.82) is 0 Å². The number of hydrogen-bond donors (Lipinski definition) is 2. The summed E-state index contributed by atoms with van der Waals surface area (Å²) in [5.41, 5.74) is 0.153. The van der Waals surface area contributed by atoms with E-state index < -0.39 is 0 Å². The zero-order valence-corrected chi connectivity index (χ0v) is 8.40. The van der Waals surface area contributed by atoms with E-state index in [1.165, 1.54) is 0 Å². The number of nitrogens with one attached hydrogen (secondary N) is 1. The number of carbonyl (C=O) groups is 1. The van der Waals surface area contributed by atoms with Crippen LogP contribution in [0.15, 0.2) is 0 Å². The van der Waals surface area contributed by atoms with Crippen molar-refractivity contribution >= 4 is 5.91 Å². The summed E-state index contributed by atoms with van der Waals surface area (Å²) in [6, 6.07) is 0. The molecule has 1 amide bonds. The lowest BCUT2D eigenvalue weighted by Crippen LogP contribution is -3.04. The molecule has 1 aliphatic heterocycles.